The molecule has 0 aliphatic rings. The molecule has 0 amide bonds. The summed E-state index contributed by atoms with van der Waals surface area (Å²) in [4.78, 5) is 0. The van der Waals surface area contributed by atoms with Crippen molar-refractivity contribution in [1.29, 1.82) is 0 Å². The van der Waals surface area contributed by atoms with E-state index in [0.29, 0.717) is 12.1 Å². The normalized spacial score (nSPS) is 11.1. The molecule has 0 spiro atoms. The lowest BCUT2D eigenvalue weighted by Crippen LogP contribution is -2.00. The van der Waals surface area contributed by atoms with Gasteiger partial charge in [0.2, 0.25) is 0 Å². The van der Waals surface area contributed by atoms with Crippen molar-refractivity contribution in [3.05, 3.63) is 69.0 Å². The second-order valence-electron chi connectivity index (χ2n) is 4.38. The molecule has 0 saturated carbocycles. The molecule has 19 heavy (non-hydrogen) atoms. The van der Waals surface area contributed by atoms with Crippen molar-refractivity contribution in [3.8, 4) is 0 Å². The van der Waals surface area contributed by atoms with Gasteiger partial charge in [-0.3, -0.25) is 0 Å². The van der Waals surface area contributed by atoms with Crippen LogP contribution >= 0.6 is 31.9 Å². The van der Waals surface area contributed by atoms with Crippen LogP contribution in [0.1, 0.15) is 5.56 Å². The van der Waals surface area contributed by atoms with Crippen LogP contribution in [-0.2, 0) is 6.54 Å². The lowest BCUT2D eigenvalue weighted by molar-refractivity contribution is 0.601. The zero-order chi connectivity index (χ0) is 13.4. The number of fused-ring (bicyclic) bond motifs is 1. The third-order valence-corrected chi connectivity index (χ3v) is 4.08. The molecule has 0 radical (unpaired) electrons. The van der Waals surface area contributed by atoms with E-state index in [1.54, 1.807) is 0 Å². The van der Waals surface area contributed by atoms with Gasteiger partial charge in [-0.05, 0) is 35.7 Å². The van der Waals surface area contributed by atoms with E-state index >= 15 is 0 Å². The maximum absolute atomic E-state index is 13.9. The molecule has 2 aromatic carbocycles. The van der Waals surface area contributed by atoms with Crippen LogP contribution in [0.3, 0.4) is 0 Å². The minimum Gasteiger partial charge on any atom is -0.343 e. The van der Waals surface area contributed by atoms with Crippen LogP contribution in [0.4, 0.5) is 4.39 Å². The molecule has 3 aromatic rings. The van der Waals surface area contributed by atoms with Gasteiger partial charge in [0.15, 0.2) is 0 Å². The molecule has 1 heterocycles. The molecule has 0 bridgehead atoms. The van der Waals surface area contributed by atoms with Gasteiger partial charge in [0.25, 0.3) is 0 Å². The zero-order valence-electron chi connectivity index (χ0n) is 9.91. The van der Waals surface area contributed by atoms with Crippen molar-refractivity contribution in [2.24, 2.45) is 0 Å². The number of rotatable bonds is 2. The molecule has 0 N–H and O–H groups in total. The fourth-order valence-corrected chi connectivity index (χ4v) is 2.81. The largest absolute Gasteiger partial charge is 0.343 e. The van der Waals surface area contributed by atoms with Gasteiger partial charge in [0.1, 0.15) is 5.82 Å². The van der Waals surface area contributed by atoms with Crippen molar-refractivity contribution in [1.82, 2.24) is 4.57 Å². The van der Waals surface area contributed by atoms with Gasteiger partial charge in [0, 0.05) is 26.2 Å². The topological polar surface area (TPSA) is 4.93 Å². The van der Waals surface area contributed by atoms with E-state index in [1.165, 1.54) is 6.07 Å². The predicted octanol–water partition coefficient (Wildman–Crippen LogP) is 5.35. The standard InChI is InChI=1S/C15H10Br2FN/c16-12-4-2-11(14(18)7-12)9-19-6-5-10-1-3-13(17)8-15(10)19/h1-8H,9H2. The van der Waals surface area contributed by atoms with E-state index in [0.717, 1.165) is 19.8 Å². The maximum atomic E-state index is 13.9. The van der Waals surface area contributed by atoms with Gasteiger partial charge in [0.05, 0.1) is 6.54 Å². The number of aromatic nitrogens is 1. The van der Waals surface area contributed by atoms with Crippen LogP contribution < -0.4 is 0 Å². The summed E-state index contributed by atoms with van der Waals surface area (Å²) in [6.45, 7) is 0.527. The summed E-state index contributed by atoms with van der Waals surface area (Å²) in [5.41, 5.74) is 1.78. The fourth-order valence-electron chi connectivity index (χ4n) is 2.13. The lowest BCUT2D eigenvalue weighted by Gasteiger charge is -2.07. The summed E-state index contributed by atoms with van der Waals surface area (Å²) in [5.74, 6) is -0.189. The highest BCUT2D eigenvalue weighted by atomic mass is 79.9. The molecule has 0 aliphatic heterocycles. The molecule has 96 valence electrons. The van der Waals surface area contributed by atoms with Gasteiger partial charge < -0.3 is 4.57 Å². The molecule has 4 heteroatoms. The Kier molecular flexibility index (Phi) is 3.46. The van der Waals surface area contributed by atoms with E-state index < -0.39 is 0 Å². The fraction of sp³-hybridized carbons (Fsp3) is 0.0667. The van der Waals surface area contributed by atoms with Crippen LogP contribution in [0.25, 0.3) is 10.9 Å². The summed E-state index contributed by atoms with van der Waals surface area (Å²) in [6.07, 6.45) is 1.98. The van der Waals surface area contributed by atoms with E-state index in [1.807, 2.05) is 47.2 Å². The van der Waals surface area contributed by atoms with E-state index in [-0.39, 0.29) is 5.82 Å². The summed E-state index contributed by atoms with van der Waals surface area (Å²) in [7, 11) is 0. The summed E-state index contributed by atoms with van der Waals surface area (Å²) >= 11 is 6.74. The average Bonchev–Trinajstić information content (AvgIpc) is 2.75. The number of benzene rings is 2. The molecule has 3 rings (SSSR count). The van der Waals surface area contributed by atoms with Gasteiger partial charge in [-0.2, -0.15) is 0 Å². The maximum Gasteiger partial charge on any atom is 0.129 e. The first-order chi connectivity index (χ1) is 9.13. The molecule has 0 aliphatic carbocycles. The van der Waals surface area contributed by atoms with Crippen molar-refractivity contribution in [2.45, 2.75) is 6.54 Å². The van der Waals surface area contributed by atoms with Crippen LogP contribution in [-0.4, -0.2) is 4.57 Å². The monoisotopic (exact) mass is 381 g/mol. The number of nitrogens with zero attached hydrogens (tertiary/aromatic N) is 1. The number of halogens is 3. The Morgan fingerprint density at radius 3 is 2.47 bits per heavy atom. The van der Waals surface area contributed by atoms with Crippen molar-refractivity contribution < 1.29 is 4.39 Å². The third kappa shape index (κ3) is 2.60. The predicted molar refractivity (Wildman–Crippen MR) is 82.8 cm³/mol. The van der Waals surface area contributed by atoms with Crippen molar-refractivity contribution in [2.75, 3.05) is 0 Å². The van der Waals surface area contributed by atoms with Gasteiger partial charge in [-0.15, -0.1) is 0 Å². The Morgan fingerprint density at radius 1 is 0.947 bits per heavy atom. The number of hydrogen-bond donors (Lipinski definition) is 0. The minimum atomic E-state index is -0.189. The number of hydrogen-bond acceptors (Lipinski definition) is 0. The smallest absolute Gasteiger partial charge is 0.129 e. The Labute approximate surface area is 127 Å². The molecule has 1 aromatic heterocycles. The zero-order valence-corrected chi connectivity index (χ0v) is 13.1. The summed E-state index contributed by atoms with van der Waals surface area (Å²) in [6, 6.07) is 13.3. The molecule has 0 atom stereocenters. The highest BCUT2D eigenvalue weighted by molar-refractivity contribution is 9.10. The Balaban J connectivity index is 2.03. The Bertz CT molecular complexity index is 749. The highest BCUT2D eigenvalue weighted by Crippen LogP contribution is 2.23. The van der Waals surface area contributed by atoms with Crippen LogP contribution in [0.2, 0.25) is 0 Å². The highest BCUT2D eigenvalue weighted by Gasteiger charge is 2.06. The minimum absolute atomic E-state index is 0.189. The second-order valence-corrected chi connectivity index (χ2v) is 6.21. The third-order valence-electron chi connectivity index (χ3n) is 3.09. The molecule has 0 fully saturated rings. The van der Waals surface area contributed by atoms with Gasteiger partial charge in [-0.1, -0.05) is 44.0 Å². The van der Waals surface area contributed by atoms with Crippen LogP contribution in [0.5, 0.6) is 0 Å². The Hall–Kier alpha value is -1.13. The van der Waals surface area contributed by atoms with Crippen molar-refractivity contribution in [3.63, 3.8) is 0 Å². The van der Waals surface area contributed by atoms with Gasteiger partial charge in [-0.25, -0.2) is 4.39 Å². The van der Waals surface area contributed by atoms with E-state index in [9.17, 15) is 4.39 Å². The second kappa shape index (κ2) is 5.10. The van der Waals surface area contributed by atoms with Crippen LogP contribution in [0.15, 0.2) is 57.6 Å². The Morgan fingerprint density at radius 2 is 1.68 bits per heavy atom. The lowest BCUT2D eigenvalue weighted by atomic mass is 10.2. The van der Waals surface area contributed by atoms with Crippen molar-refractivity contribution >= 4 is 42.8 Å². The first-order valence-corrected chi connectivity index (χ1v) is 7.40. The molecular formula is C15H10Br2FN. The first kappa shape index (κ1) is 12.9. The quantitative estimate of drug-likeness (QED) is 0.562. The molecule has 0 saturated heterocycles. The first-order valence-electron chi connectivity index (χ1n) is 5.82. The molecular weight excluding hydrogens is 373 g/mol. The average molecular weight is 383 g/mol. The van der Waals surface area contributed by atoms with Crippen LogP contribution in [0, 0.1) is 5.82 Å². The van der Waals surface area contributed by atoms with E-state index in [4.69, 9.17) is 0 Å². The SMILES string of the molecule is Fc1cc(Br)ccc1Cn1ccc2ccc(Br)cc21. The molecule has 1 nitrogen and oxygen atoms in total. The summed E-state index contributed by atoms with van der Waals surface area (Å²) < 4.78 is 17.7. The van der Waals surface area contributed by atoms with Gasteiger partial charge >= 0.3 is 0 Å². The summed E-state index contributed by atoms with van der Waals surface area (Å²) in [5, 5.41) is 1.15. The van der Waals surface area contributed by atoms with E-state index in [2.05, 4.69) is 31.9 Å². The molecule has 0 unspecified atom stereocenters.